The van der Waals surface area contributed by atoms with E-state index in [0.29, 0.717) is 17.4 Å². The first-order valence-electron chi connectivity index (χ1n) is 11.4. The van der Waals surface area contributed by atoms with Crippen LogP contribution in [0.15, 0.2) is 30.5 Å². The van der Waals surface area contributed by atoms with Gasteiger partial charge in [-0.05, 0) is 44.0 Å². The summed E-state index contributed by atoms with van der Waals surface area (Å²) >= 11 is 0. The molecule has 0 bridgehead atoms. The number of aromatic nitrogens is 2. The van der Waals surface area contributed by atoms with Gasteiger partial charge >= 0.3 is 0 Å². The molecule has 0 radical (unpaired) electrons. The highest BCUT2D eigenvalue weighted by Crippen LogP contribution is 2.27. The Balaban J connectivity index is 1.62. The Kier molecular flexibility index (Phi) is 6.99. The van der Waals surface area contributed by atoms with E-state index in [1.807, 2.05) is 24.4 Å². The predicted molar refractivity (Wildman–Crippen MR) is 124 cm³/mol. The van der Waals surface area contributed by atoms with Crippen molar-refractivity contribution in [3.63, 3.8) is 0 Å². The van der Waals surface area contributed by atoms with Crippen LogP contribution in [0.4, 0.5) is 11.6 Å². The van der Waals surface area contributed by atoms with Crippen molar-refractivity contribution in [2.24, 2.45) is 5.73 Å². The van der Waals surface area contributed by atoms with Gasteiger partial charge in [0.2, 0.25) is 0 Å². The molecule has 0 spiro atoms. The van der Waals surface area contributed by atoms with Crippen molar-refractivity contribution in [3.05, 3.63) is 36.0 Å². The number of carbonyl (C=O) groups excluding carboxylic acids is 1. The number of pyridine rings is 2. The molecule has 4 rings (SSSR count). The summed E-state index contributed by atoms with van der Waals surface area (Å²) in [6.07, 6.45) is 7.67. The van der Waals surface area contributed by atoms with Crippen molar-refractivity contribution in [1.29, 1.82) is 0 Å². The van der Waals surface area contributed by atoms with Crippen LogP contribution in [0.5, 0.6) is 0 Å². The molecule has 2 aliphatic rings. The largest absolute Gasteiger partial charge is 0.367 e. The number of rotatable bonds is 6. The van der Waals surface area contributed by atoms with Crippen molar-refractivity contribution in [1.82, 2.24) is 20.6 Å². The fraction of sp³-hybridized carbons (Fsp3) is 0.522. The van der Waals surface area contributed by atoms with Gasteiger partial charge in [-0.1, -0.05) is 19.3 Å². The minimum absolute atomic E-state index is 0.197. The Morgan fingerprint density at radius 2 is 1.97 bits per heavy atom. The van der Waals surface area contributed by atoms with E-state index in [4.69, 9.17) is 10.7 Å². The lowest BCUT2D eigenvalue weighted by atomic mass is 9.95. The molecule has 2 aromatic rings. The molecule has 1 saturated carbocycles. The molecule has 31 heavy (non-hydrogen) atoms. The van der Waals surface area contributed by atoms with Crippen LogP contribution >= 0.6 is 0 Å². The predicted octanol–water partition coefficient (Wildman–Crippen LogP) is 2.33. The van der Waals surface area contributed by atoms with Gasteiger partial charge in [0.05, 0.1) is 17.4 Å². The number of nitrogens with two attached hydrogens (primary N) is 1. The van der Waals surface area contributed by atoms with Gasteiger partial charge in [-0.15, -0.1) is 0 Å². The normalized spacial score (nSPS) is 18.5. The van der Waals surface area contributed by atoms with E-state index in [-0.39, 0.29) is 5.91 Å². The second-order valence-corrected chi connectivity index (χ2v) is 8.48. The highest BCUT2D eigenvalue weighted by atomic mass is 16.1. The van der Waals surface area contributed by atoms with E-state index >= 15 is 0 Å². The summed E-state index contributed by atoms with van der Waals surface area (Å²) in [5, 5.41) is 9.72. The van der Waals surface area contributed by atoms with Crippen LogP contribution in [0.25, 0.3) is 11.3 Å². The zero-order valence-corrected chi connectivity index (χ0v) is 18.2. The summed E-state index contributed by atoms with van der Waals surface area (Å²) in [4.78, 5) is 24.4. The molecule has 1 aliphatic carbocycles. The molecule has 8 nitrogen and oxygen atoms in total. The number of amides is 1. The minimum atomic E-state index is -0.420. The first kappa shape index (κ1) is 21.5. The smallest absolute Gasteiger partial charge is 0.256 e. The van der Waals surface area contributed by atoms with E-state index in [0.717, 1.165) is 43.3 Å². The van der Waals surface area contributed by atoms with E-state index in [1.165, 1.54) is 32.1 Å². The summed E-state index contributed by atoms with van der Waals surface area (Å²) in [6.45, 7) is 5.09. The minimum Gasteiger partial charge on any atom is -0.367 e. The van der Waals surface area contributed by atoms with Gasteiger partial charge in [0.1, 0.15) is 11.6 Å². The number of nitrogens with one attached hydrogen (secondary N) is 3. The Morgan fingerprint density at radius 1 is 1.19 bits per heavy atom. The average Bonchev–Trinajstić information content (AvgIpc) is 2.80. The van der Waals surface area contributed by atoms with Gasteiger partial charge in [-0.2, -0.15) is 0 Å². The van der Waals surface area contributed by atoms with Crippen LogP contribution in [-0.2, 0) is 0 Å². The molecular weight excluding hydrogens is 390 g/mol. The van der Waals surface area contributed by atoms with Crippen LogP contribution in [0.3, 0.4) is 0 Å². The molecule has 2 aromatic heterocycles. The molecule has 1 aliphatic heterocycles. The molecule has 8 heteroatoms. The quantitative estimate of drug-likeness (QED) is 0.528. The summed E-state index contributed by atoms with van der Waals surface area (Å²) in [6, 6.07) is 8.27. The van der Waals surface area contributed by atoms with Crippen LogP contribution in [0, 0.1) is 0 Å². The summed E-state index contributed by atoms with van der Waals surface area (Å²) in [7, 11) is 0. The SMILES string of the molecule is CC(N)NC(=O)c1ccc(-c2ccnc(NC3CCCCC3)c2)nc1N1CCNCC1. The molecule has 1 amide bonds. The maximum absolute atomic E-state index is 12.7. The Hall–Kier alpha value is -2.71. The molecule has 1 unspecified atom stereocenters. The molecule has 166 valence electrons. The maximum atomic E-state index is 12.7. The van der Waals surface area contributed by atoms with Crippen molar-refractivity contribution < 1.29 is 4.79 Å². The number of carbonyl (C=O) groups is 1. The van der Waals surface area contributed by atoms with Crippen LogP contribution < -0.4 is 26.6 Å². The van der Waals surface area contributed by atoms with Crippen molar-refractivity contribution >= 4 is 17.5 Å². The molecular formula is C23H33N7O. The Labute approximate surface area is 184 Å². The number of hydrogen-bond donors (Lipinski definition) is 4. The standard InChI is InChI=1S/C23H33N7O/c1-16(24)27-23(31)19-7-8-20(29-22(19)30-13-11-25-12-14-30)17-9-10-26-21(15-17)28-18-5-3-2-4-6-18/h7-10,15-16,18,25H,2-6,11-14,24H2,1H3,(H,26,28)(H,27,31). The number of piperazine rings is 1. The van der Waals surface area contributed by atoms with Gasteiger partial charge in [0.25, 0.3) is 5.91 Å². The lowest BCUT2D eigenvalue weighted by Crippen LogP contribution is -2.45. The Bertz CT molecular complexity index is 889. The average molecular weight is 424 g/mol. The van der Waals surface area contributed by atoms with E-state index in [1.54, 1.807) is 6.92 Å². The summed E-state index contributed by atoms with van der Waals surface area (Å²) in [5.41, 5.74) is 8.16. The van der Waals surface area contributed by atoms with Crippen molar-refractivity contribution in [2.75, 3.05) is 36.4 Å². The number of hydrogen-bond acceptors (Lipinski definition) is 7. The first-order valence-corrected chi connectivity index (χ1v) is 11.4. The lowest BCUT2D eigenvalue weighted by molar-refractivity contribution is 0.0941. The van der Waals surface area contributed by atoms with Gasteiger partial charge in [-0.3, -0.25) is 4.79 Å². The molecule has 1 atom stereocenters. The third-order valence-corrected chi connectivity index (χ3v) is 5.91. The first-order chi connectivity index (χ1) is 15.1. The zero-order valence-electron chi connectivity index (χ0n) is 18.2. The second-order valence-electron chi connectivity index (χ2n) is 8.48. The van der Waals surface area contributed by atoms with Gasteiger partial charge in [0, 0.05) is 44.0 Å². The highest BCUT2D eigenvalue weighted by Gasteiger charge is 2.22. The molecule has 1 saturated heterocycles. The molecule has 5 N–H and O–H groups in total. The van der Waals surface area contributed by atoms with Crippen LogP contribution in [0.1, 0.15) is 49.4 Å². The number of anilines is 2. The fourth-order valence-corrected chi connectivity index (χ4v) is 4.31. The monoisotopic (exact) mass is 423 g/mol. The van der Waals surface area contributed by atoms with Gasteiger partial charge in [-0.25, -0.2) is 9.97 Å². The second kappa shape index (κ2) is 10.1. The molecule has 2 fully saturated rings. The van der Waals surface area contributed by atoms with Gasteiger partial charge < -0.3 is 26.6 Å². The maximum Gasteiger partial charge on any atom is 0.256 e. The summed E-state index contributed by atoms with van der Waals surface area (Å²) in [5.74, 6) is 1.39. The third-order valence-electron chi connectivity index (χ3n) is 5.91. The zero-order chi connectivity index (χ0) is 21.6. The van der Waals surface area contributed by atoms with E-state index in [2.05, 4.69) is 31.9 Å². The van der Waals surface area contributed by atoms with Crippen molar-refractivity contribution in [3.8, 4) is 11.3 Å². The topological polar surface area (TPSA) is 108 Å². The Morgan fingerprint density at radius 3 is 2.71 bits per heavy atom. The lowest BCUT2D eigenvalue weighted by Gasteiger charge is -2.30. The van der Waals surface area contributed by atoms with Crippen molar-refractivity contribution in [2.45, 2.75) is 51.2 Å². The molecule has 0 aromatic carbocycles. The highest BCUT2D eigenvalue weighted by molar-refractivity contribution is 5.99. The van der Waals surface area contributed by atoms with Crippen LogP contribution in [-0.4, -0.2) is 54.3 Å². The summed E-state index contributed by atoms with van der Waals surface area (Å²) < 4.78 is 0. The van der Waals surface area contributed by atoms with E-state index in [9.17, 15) is 4.79 Å². The fourth-order valence-electron chi connectivity index (χ4n) is 4.31. The number of nitrogens with zero attached hydrogens (tertiary/aromatic N) is 3. The van der Waals surface area contributed by atoms with E-state index < -0.39 is 6.17 Å². The van der Waals surface area contributed by atoms with Crippen LogP contribution in [0.2, 0.25) is 0 Å². The van der Waals surface area contributed by atoms with Gasteiger partial charge in [0.15, 0.2) is 0 Å². The molecule has 3 heterocycles. The third kappa shape index (κ3) is 5.51.